The van der Waals surface area contributed by atoms with Gasteiger partial charge in [-0.15, -0.1) is 0 Å². The van der Waals surface area contributed by atoms with Crippen molar-refractivity contribution in [3.8, 4) is 17.6 Å². The standard InChI is InChI=1S/C13H15NO2/c1-15-12-7-4-8-13(11(12)9-14)16-10-5-2-3-6-10/h4,7-8,10H,2-3,5-6H2,1H3. The third-order valence-corrected chi connectivity index (χ3v) is 2.92. The van der Waals surface area contributed by atoms with Gasteiger partial charge in [0.25, 0.3) is 0 Å². The second-order valence-electron chi connectivity index (χ2n) is 3.97. The van der Waals surface area contributed by atoms with Crippen LogP contribution < -0.4 is 9.47 Å². The molecule has 0 aliphatic heterocycles. The Labute approximate surface area is 95.6 Å². The highest BCUT2D eigenvalue weighted by Gasteiger charge is 2.19. The van der Waals surface area contributed by atoms with Gasteiger partial charge in [0, 0.05) is 0 Å². The zero-order valence-corrected chi connectivity index (χ0v) is 9.40. The van der Waals surface area contributed by atoms with Crippen LogP contribution in [0.3, 0.4) is 0 Å². The van der Waals surface area contributed by atoms with Crippen molar-refractivity contribution in [3.63, 3.8) is 0 Å². The van der Waals surface area contributed by atoms with Gasteiger partial charge in [-0.3, -0.25) is 0 Å². The molecule has 0 aromatic heterocycles. The quantitative estimate of drug-likeness (QED) is 0.781. The van der Waals surface area contributed by atoms with E-state index in [0.717, 1.165) is 12.8 Å². The third kappa shape index (κ3) is 2.11. The van der Waals surface area contributed by atoms with Crippen LogP contribution in [0.5, 0.6) is 11.5 Å². The van der Waals surface area contributed by atoms with Crippen LogP contribution in [0.2, 0.25) is 0 Å². The Morgan fingerprint density at radius 2 is 1.94 bits per heavy atom. The molecule has 84 valence electrons. The molecule has 3 heteroatoms. The summed E-state index contributed by atoms with van der Waals surface area (Å²) in [6.45, 7) is 0. The molecule has 0 N–H and O–H groups in total. The number of hydrogen-bond donors (Lipinski definition) is 0. The molecule has 0 atom stereocenters. The number of benzene rings is 1. The molecule has 3 nitrogen and oxygen atoms in total. The number of hydrogen-bond acceptors (Lipinski definition) is 3. The van der Waals surface area contributed by atoms with Crippen LogP contribution >= 0.6 is 0 Å². The molecule has 0 unspecified atom stereocenters. The average molecular weight is 217 g/mol. The second-order valence-corrected chi connectivity index (χ2v) is 3.97. The normalized spacial score (nSPS) is 15.8. The fraction of sp³-hybridized carbons (Fsp3) is 0.462. The Bertz CT molecular complexity index is 403. The highest BCUT2D eigenvalue weighted by Crippen LogP contribution is 2.31. The Balaban J connectivity index is 2.22. The fourth-order valence-electron chi connectivity index (χ4n) is 2.08. The first-order valence-corrected chi connectivity index (χ1v) is 5.59. The summed E-state index contributed by atoms with van der Waals surface area (Å²) in [5.74, 6) is 1.23. The largest absolute Gasteiger partial charge is 0.495 e. The zero-order chi connectivity index (χ0) is 11.4. The predicted molar refractivity (Wildman–Crippen MR) is 60.6 cm³/mol. The van der Waals surface area contributed by atoms with Crippen LogP contribution in [-0.4, -0.2) is 13.2 Å². The van der Waals surface area contributed by atoms with Gasteiger partial charge < -0.3 is 9.47 Å². The Hall–Kier alpha value is -1.69. The topological polar surface area (TPSA) is 42.2 Å². The monoisotopic (exact) mass is 217 g/mol. The van der Waals surface area contributed by atoms with Crippen LogP contribution in [0.4, 0.5) is 0 Å². The van der Waals surface area contributed by atoms with E-state index < -0.39 is 0 Å². The lowest BCUT2D eigenvalue weighted by Gasteiger charge is -2.15. The van der Waals surface area contributed by atoms with Crippen molar-refractivity contribution in [1.82, 2.24) is 0 Å². The summed E-state index contributed by atoms with van der Waals surface area (Å²) in [6, 6.07) is 7.60. The average Bonchev–Trinajstić information content (AvgIpc) is 2.81. The molecule has 0 saturated heterocycles. The Kier molecular flexibility index (Phi) is 3.31. The number of rotatable bonds is 3. The molecule has 0 bridgehead atoms. The minimum atomic E-state index is 0.263. The van der Waals surface area contributed by atoms with E-state index >= 15 is 0 Å². The predicted octanol–water partition coefficient (Wildman–Crippen LogP) is 2.89. The molecule has 16 heavy (non-hydrogen) atoms. The molecule has 1 aliphatic carbocycles. The van der Waals surface area contributed by atoms with E-state index in [0.29, 0.717) is 17.1 Å². The van der Waals surface area contributed by atoms with E-state index in [1.165, 1.54) is 12.8 Å². The zero-order valence-electron chi connectivity index (χ0n) is 9.40. The van der Waals surface area contributed by atoms with Gasteiger partial charge in [0.05, 0.1) is 13.2 Å². The summed E-state index contributed by atoms with van der Waals surface area (Å²) in [5, 5.41) is 9.09. The molecule has 0 radical (unpaired) electrons. The first-order valence-electron chi connectivity index (χ1n) is 5.59. The van der Waals surface area contributed by atoms with Crippen molar-refractivity contribution >= 4 is 0 Å². The SMILES string of the molecule is COc1cccc(OC2CCCC2)c1C#N. The number of nitriles is 1. The highest BCUT2D eigenvalue weighted by atomic mass is 16.5. The van der Waals surface area contributed by atoms with E-state index in [-0.39, 0.29) is 6.10 Å². The summed E-state index contributed by atoms with van der Waals surface area (Å²) < 4.78 is 11.0. The summed E-state index contributed by atoms with van der Waals surface area (Å²) in [6.07, 6.45) is 4.87. The molecule has 1 aromatic carbocycles. The highest BCUT2D eigenvalue weighted by molar-refractivity contribution is 5.52. The molecule has 1 aromatic rings. The van der Waals surface area contributed by atoms with Crippen LogP contribution in [0.25, 0.3) is 0 Å². The van der Waals surface area contributed by atoms with Crippen molar-refractivity contribution in [2.75, 3.05) is 7.11 Å². The van der Waals surface area contributed by atoms with Crippen molar-refractivity contribution in [1.29, 1.82) is 5.26 Å². The molecular weight excluding hydrogens is 202 g/mol. The molecule has 2 rings (SSSR count). The molecule has 0 spiro atoms. The van der Waals surface area contributed by atoms with Gasteiger partial charge in [-0.1, -0.05) is 6.07 Å². The van der Waals surface area contributed by atoms with Crippen molar-refractivity contribution in [2.45, 2.75) is 31.8 Å². The van der Waals surface area contributed by atoms with Crippen molar-refractivity contribution in [3.05, 3.63) is 23.8 Å². The van der Waals surface area contributed by atoms with Gasteiger partial charge in [0.1, 0.15) is 23.1 Å². The van der Waals surface area contributed by atoms with Crippen LogP contribution in [0, 0.1) is 11.3 Å². The van der Waals surface area contributed by atoms with Crippen LogP contribution in [0.1, 0.15) is 31.2 Å². The Morgan fingerprint density at radius 1 is 1.25 bits per heavy atom. The van der Waals surface area contributed by atoms with Gasteiger partial charge in [0.2, 0.25) is 0 Å². The summed E-state index contributed by atoms with van der Waals surface area (Å²) >= 11 is 0. The fourth-order valence-corrected chi connectivity index (χ4v) is 2.08. The van der Waals surface area contributed by atoms with Crippen LogP contribution in [-0.2, 0) is 0 Å². The first-order chi connectivity index (χ1) is 7.85. The summed E-state index contributed by atoms with van der Waals surface area (Å²) in [5.41, 5.74) is 0.497. The summed E-state index contributed by atoms with van der Waals surface area (Å²) in [7, 11) is 1.57. The minimum Gasteiger partial charge on any atom is -0.495 e. The molecule has 0 heterocycles. The van der Waals surface area contributed by atoms with Crippen molar-refractivity contribution in [2.24, 2.45) is 0 Å². The third-order valence-electron chi connectivity index (χ3n) is 2.92. The minimum absolute atomic E-state index is 0.263. The van der Waals surface area contributed by atoms with Gasteiger partial charge in [-0.05, 0) is 37.8 Å². The summed E-state index contributed by atoms with van der Waals surface area (Å²) in [4.78, 5) is 0. The van der Waals surface area contributed by atoms with E-state index in [2.05, 4.69) is 6.07 Å². The maximum atomic E-state index is 9.09. The molecule has 1 saturated carbocycles. The van der Waals surface area contributed by atoms with E-state index in [9.17, 15) is 0 Å². The number of ether oxygens (including phenoxy) is 2. The maximum Gasteiger partial charge on any atom is 0.141 e. The smallest absolute Gasteiger partial charge is 0.141 e. The lowest BCUT2D eigenvalue weighted by Crippen LogP contribution is -2.11. The number of nitrogens with zero attached hydrogens (tertiary/aromatic N) is 1. The second kappa shape index (κ2) is 4.89. The van der Waals surface area contributed by atoms with Gasteiger partial charge in [-0.2, -0.15) is 5.26 Å². The van der Waals surface area contributed by atoms with Crippen molar-refractivity contribution < 1.29 is 9.47 Å². The first kappa shape index (κ1) is 10.8. The van der Waals surface area contributed by atoms with E-state index in [1.54, 1.807) is 13.2 Å². The molecule has 0 amide bonds. The molecular formula is C13H15NO2. The lowest BCUT2D eigenvalue weighted by molar-refractivity contribution is 0.208. The van der Waals surface area contributed by atoms with Gasteiger partial charge >= 0.3 is 0 Å². The van der Waals surface area contributed by atoms with Crippen LogP contribution in [0.15, 0.2) is 18.2 Å². The maximum absolute atomic E-state index is 9.09. The van der Waals surface area contributed by atoms with Gasteiger partial charge in [-0.25, -0.2) is 0 Å². The molecule has 1 aliphatic rings. The van der Waals surface area contributed by atoms with E-state index in [1.807, 2.05) is 12.1 Å². The number of methoxy groups -OCH3 is 1. The van der Waals surface area contributed by atoms with E-state index in [4.69, 9.17) is 14.7 Å². The Morgan fingerprint density at radius 3 is 2.56 bits per heavy atom. The van der Waals surface area contributed by atoms with Gasteiger partial charge in [0.15, 0.2) is 0 Å². The lowest BCUT2D eigenvalue weighted by atomic mass is 10.2. The molecule has 1 fully saturated rings.